The van der Waals surface area contributed by atoms with E-state index >= 15 is 0 Å². The van der Waals surface area contributed by atoms with Gasteiger partial charge in [0.05, 0.1) is 5.25 Å². The Labute approximate surface area is 131 Å². The molecule has 1 aliphatic carbocycles. The van der Waals surface area contributed by atoms with Crippen LogP contribution < -0.4 is 5.32 Å². The second-order valence-electron chi connectivity index (χ2n) is 5.78. The number of carbonyl (C=O) groups excluding carboxylic acids is 1. The van der Waals surface area contributed by atoms with Gasteiger partial charge in [0.1, 0.15) is 0 Å². The molecule has 21 heavy (non-hydrogen) atoms. The maximum Gasteiger partial charge on any atom is 0.233 e. The van der Waals surface area contributed by atoms with E-state index in [2.05, 4.69) is 17.4 Å². The van der Waals surface area contributed by atoms with E-state index in [9.17, 15) is 9.90 Å². The number of hydrogen-bond acceptors (Lipinski definition) is 3. The van der Waals surface area contributed by atoms with Gasteiger partial charge in [0.25, 0.3) is 0 Å². The molecule has 0 aromatic heterocycles. The van der Waals surface area contributed by atoms with Crippen LogP contribution in [0.5, 0.6) is 0 Å². The largest absolute Gasteiger partial charge is 0.396 e. The molecule has 0 radical (unpaired) electrons. The first-order valence-electron chi connectivity index (χ1n) is 7.77. The van der Waals surface area contributed by atoms with Gasteiger partial charge in [-0.15, -0.1) is 11.8 Å². The Balaban J connectivity index is 1.79. The van der Waals surface area contributed by atoms with Crippen molar-refractivity contribution >= 4 is 17.7 Å². The minimum Gasteiger partial charge on any atom is -0.396 e. The van der Waals surface area contributed by atoms with Crippen molar-refractivity contribution in [2.45, 2.75) is 49.7 Å². The lowest BCUT2D eigenvalue weighted by Crippen LogP contribution is -2.46. The SMILES string of the molecule is CC(SCc1ccccc1)C(=O)NC1CCCCC1CO. The van der Waals surface area contributed by atoms with Crippen LogP contribution in [-0.2, 0) is 10.5 Å². The highest BCUT2D eigenvalue weighted by atomic mass is 32.2. The van der Waals surface area contributed by atoms with Crippen LogP contribution in [0.4, 0.5) is 0 Å². The Morgan fingerprint density at radius 3 is 2.76 bits per heavy atom. The van der Waals surface area contributed by atoms with Crippen molar-refractivity contribution < 1.29 is 9.90 Å². The van der Waals surface area contributed by atoms with Gasteiger partial charge in [-0.3, -0.25) is 4.79 Å². The summed E-state index contributed by atoms with van der Waals surface area (Å²) in [7, 11) is 0. The smallest absolute Gasteiger partial charge is 0.233 e. The monoisotopic (exact) mass is 307 g/mol. The van der Waals surface area contributed by atoms with Gasteiger partial charge in [0.15, 0.2) is 0 Å². The van der Waals surface area contributed by atoms with Crippen LogP contribution in [0.2, 0.25) is 0 Å². The van der Waals surface area contributed by atoms with E-state index in [0.29, 0.717) is 0 Å². The van der Waals surface area contributed by atoms with Gasteiger partial charge in [-0.2, -0.15) is 0 Å². The summed E-state index contributed by atoms with van der Waals surface area (Å²) in [6, 6.07) is 10.4. The van der Waals surface area contributed by atoms with E-state index in [-0.39, 0.29) is 29.7 Å². The Hall–Kier alpha value is -1.00. The summed E-state index contributed by atoms with van der Waals surface area (Å²) < 4.78 is 0. The lowest BCUT2D eigenvalue weighted by atomic mass is 9.85. The molecule has 1 aromatic carbocycles. The summed E-state index contributed by atoms with van der Waals surface area (Å²) in [6.07, 6.45) is 4.32. The number of carbonyl (C=O) groups is 1. The van der Waals surface area contributed by atoms with Gasteiger partial charge in [-0.25, -0.2) is 0 Å². The van der Waals surface area contributed by atoms with Crippen molar-refractivity contribution in [3.63, 3.8) is 0 Å². The van der Waals surface area contributed by atoms with Gasteiger partial charge in [-0.1, -0.05) is 43.2 Å². The van der Waals surface area contributed by atoms with Gasteiger partial charge < -0.3 is 10.4 Å². The highest BCUT2D eigenvalue weighted by Crippen LogP contribution is 2.25. The molecular weight excluding hydrogens is 282 g/mol. The van der Waals surface area contributed by atoms with Crippen LogP contribution in [0.15, 0.2) is 30.3 Å². The average Bonchev–Trinajstić information content (AvgIpc) is 2.54. The predicted octanol–water partition coefficient (Wildman–Crippen LogP) is 2.98. The van der Waals surface area contributed by atoms with Gasteiger partial charge >= 0.3 is 0 Å². The number of rotatable bonds is 6. The molecule has 3 nitrogen and oxygen atoms in total. The van der Waals surface area contributed by atoms with Crippen LogP contribution in [0.3, 0.4) is 0 Å². The second kappa shape index (κ2) is 8.44. The molecule has 0 heterocycles. The first-order valence-corrected chi connectivity index (χ1v) is 8.82. The second-order valence-corrected chi connectivity index (χ2v) is 7.11. The number of amides is 1. The van der Waals surface area contributed by atoms with Crippen LogP contribution in [0, 0.1) is 5.92 Å². The molecule has 3 atom stereocenters. The summed E-state index contributed by atoms with van der Waals surface area (Å²) in [6.45, 7) is 2.14. The molecule has 1 aliphatic rings. The number of aliphatic hydroxyl groups excluding tert-OH is 1. The molecule has 1 aromatic rings. The highest BCUT2D eigenvalue weighted by molar-refractivity contribution is 7.99. The molecule has 2 N–H and O–H groups in total. The average molecular weight is 307 g/mol. The number of aliphatic hydroxyl groups is 1. The maximum absolute atomic E-state index is 12.3. The molecular formula is C17H25NO2S. The van der Waals surface area contributed by atoms with E-state index in [1.165, 1.54) is 5.56 Å². The minimum atomic E-state index is -0.0634. The highest BCUT2D eigenvalue weighted by Gasteiger charge is 2.27. The molecule has 1 fully saturated rings. The number of hydrogen-bond donors (Lipinski definition) is 2. The fraction of sp³-hybridized carbons (Fsp3) is 0.588. The van der Waals surface area contributed by atoms with Crippen molar-refractivity contribution in [1.29, 1.82) is 0 Å². The molecule has 0 saturated heterocycles. The van der Waals surface area contributed by atoms with E-state index in [1.807, 2.05) is 25.1 Å². The number of thioether (sulfide) groups is 1. The normalized spacial score (nSPS) is 23.5. The zero-order valence-corrected chi connectivity index (χ0v) is 13.4. The van der Waals surface area contributed by atoms with E-state index in [0.717, 1.165) is 31.4 Å². The lowest BCUT2D eigenvalue weighted by molar-refractivity contribution is -0.121. The van der Waals surface area contributed by atoms with Crippen LogP contribution in [-0.4, -0.2) is 28.9 Å². The standard InChI is InChI=1S/C17H25NO2S/c1-13(21-12-14-7-3-2-4-8-14)17(20)18-16-10-6-5-9-15(16)11-19/h2-4,7-8,13,15-16,19H,5-6,9-12H2,1H3,(H,18,20). The fourth-order valence-electron chi connectivity index (χ4n) is 2.79. The maximum atomic E-state index is 12.3. The Morgan fingerprint density at radius 1 is 1.33 bits per heavy atom. The molecule has 0 bridgehead atoms. The third kappa shape index (κ3) is 5.04. The first kappa shape index (κ1) is 16.4. The summed E-state index contributed by atoms with van der Waals surface area (Å²) in [5, 5.41) is 12.5. The van der Waals surface area contributed by atoms with Crippen molar-refractivity contribution in [3.05, 3.63) is 35.9 Å². The van der Waals surface area contributed by atoms with E-state index in [4.69, 9.17) is 0 Å². The lowest BCUT2D eigenvalue weighted by Gasteiger charge is -2.31. The zero-order chi connectivity index (χ0) is 15.1. The molecule has 1 saturated carbocycles. The molecule has 116 valence electrons. The Morgan fingerprint density at radius 2 is 2.05 bits per heavy atom. The Bertz CT molecular complexity index is 438. The van der Waals surface area contributed by atoms with Crippen LogP contribution in [0.25, 0.3) is 0 Å². The van der Waals surface area contributed by atoms with Gasteiger partial charge in [0.2, 0.25) is 5.91 Å². The topological polar surface area (TPSA) is 49.3 Å². The minimum absolute atomic E-state index is 0.0634. The summed E-state index contributed by atoms with van der Waals surface area (Å²) in [5.41, 5.74) is 1.24. The third-order valence-corrected chi connectivity index (χ3v) is 5.40. The zero-order valence-electron chi connectivity index (χ0n) is 12.6. The molecule has 3 unspecified atom stereocenters. The van der Waals surface area contributed by atoms with Crippen LogP contribution >= 0.6 is 11.8 Å². The quantitative estimate of drug-likeness (QED) is 0.849. The molecule has 0 spiro atoms. The van der Waals surface area contributed by atoms with Gasteiger partial charge in [-0.05, 0) is 25.3 Å². The van der Waals surface area contributed by atoms with Crippen molar-refractivity contribution in [2.75, 3.05) is 6.61 Å². The number of nitrogens with one attached hydrogen (secondary N) is 1. The number of benzene rings is 1. The summed E-state index contributed by atoms with van der Waals surface area (Å²) in [4.78, 5) is 12.3. The fourth-order valence-corrected chi connectivity index (χ4v) is 3.64. The summed E-state index contributed by atoms with van der Waals surface area (Å²) in [5.74, 6) is 1.18. The van der Waals surface area contributed by atoms with Crippen molar-refractivity contribution in [3.8, 4) is 0 Å². The molecule has 4 heteroatoms. The third-order valence-electron chi connectivity index (χ3n) is 4.18. The Kier molecular flexibility index (Phi) is 6.58. The van der Waals surface area contributed by atoms with Crippen molar-refractivity contribution in [1.82, 2.24) is 5.32 Å². The molecule has 0 aliphatic heterocycles. The van der Waals surface area contributed by atoms with Crippen LogP contribution in [0.1, 0.15) is 38.2 Å². The first-order chi connectivity index (χ1) is 10.2. The summed E-state index contributed by atoms with van der Waals surface area (Å²) >= 11 is 1.66. The molecule has 1 amide bonds. The van der Waals surface area contributed by atoms with Gasteiger partial charge in [0, 0.05) is 24.3 Å². The van der Waals surface area contributed by atoms with E-state index < -0.39 is 0 Å². The van der Waals surface area contributed by atoms with Crippen molar-refractivity contribution in [2.24, 2.45) is 5.92 Å². The molecule has 2 rings (SSSR count). The predicted molar refractivity (Wildman–Crippen MR) is 88.2 cm³/mol. The van der Waals surface area contributed by atoms with E-state index in [1.54, 1.807) is 11.8 Å².